The van der Waals surface area contributed by atoms with Crippen LogP contribution in [0.3, 0.4) is 0 Å². The summed E-state index contributed by atoms with van der Waals surface area (Å²) in [5, 5.41) is 10.2. The number of phenolic OH excluding ortho intramolecular Hbond substituents is 1. The lowest BCUT2D eigenvalue weighted by molar-refractivity contribution is 0.475. The monoisotopic (exact) mass is 207 g/mol. The Kier molecular flexibility index (Phi) is 1.87. The van der Waals surface area contributed by atoms with Crippen molar-refractivity contribution in [1.29, 1.82) is 0 Å². The smallest absolute Gasteiger partial charge is 0.117 e. The number of benzene rings is 1. The predicted octanol–water partition coefficient (Wildman–Crippen LogP) is 2.09. The molecule has 2 unspecified atom stereocenters. The van der Waals surface area contributed by atoms with E-state index in [1.165, 1.54) is 17.9 Å². The minimum Gasteiger partial charge on any atom is -0.508 e. The van der Waals surface area contributed by atoms with Crippen LogP contribution in [0.4, 0.5) is 5.69 Å². The van der Waals surface area contributed by atoms with Gasteiger partial charge in [0.1, 0.15) is 5.75 Å². The Labute approximate surface area is 87.9 Å². The zero-order valence-electron chi connectivity index (χ0n) is 7.89. The highest BCUT2D eigenvalue weighted by molar-refractivity contribution is 8.00. The second kappa shape index (κ2) is 3.09. The van der Waals surface area contributed by atoms with Gasteiger partial charge in [-0.1, -0.05) is 6.07 Å². The summed E-state index contributed by atoms with van der Waals surface area (Å²) in [6, 6.07) is 8.30. The van der Waals surface area contributed by atoms with E-state index >= 15 is 0 Å². The van der Waals surface area contributed by atoms with Gasteiger partial charge in [-0.2, -0.15) is 11.8 Å². The summed E-state index contributed by atoms with van der Waals surface area (Å²) in [5.41, 5.74) is 1.18. The minimum absolute atomic E-state index is 0.373. The van der Waals surface area contributed by atoms with E-state index in [4.69, 9.17) is 0 Å². The number of hydrogen-bond donors (Lipinski definition) is 1. The maximum atomic E-state index is 9.41. The van der Waals surface area contributed by atoms with Crippen LogP contribution in [0, 0.1) is 0 Å². The number of hydrogen-bond acceptors (Lipinski definition) is 3. The lowest BCUT2D eigenvalue weighted by Gasteiger charge is -2.28. The van der Waals surface area contributed by atoms with E-state index in [0.29, 0.717) is 11.8 Å². The van der Waals surface area contributed by atoms with Crippen molar-refractivity contribution in [2.24, 2.45) is 0 Å². The van der Waals surface area contributed by atoms with Crippen LogP contribution in [0.5, 0.6) is 5.75 Å². The van der Waals surface area contributed by atoms with Crippen molar-refractivity contribution in [3.8, 4) is 5.75 Å². The summed E-state index contributed by atoms with van der Waals surface area (Å²) in [5.74, 6) is 1.62. The number of thioether (sulfide) groups is 1. The number of rotatable bonds is 1. The fraction of sp³-hybridized carbons (Fsp3) is 0.455. The van der Waals surface area contributed by atoms with Crippen molar-refractivity contribution in [1.82, 2.24) is 0 Å². The molecule has 14 heavy (non-hydrogen) atoms. The Morgan fingerprint density at radius 1 is 1.43 bits per heavy atom. The zero-order chi connectivity index (χ0) is 9.54. The van der Waals surface area contributed by atoms with Crippen molar-refractivity contribution in [3.05, 3.63) is 24.3 Å². The number of nitrogens with zero attached hydrogens (tertiary/aromatic N) is 1. The highest BCUT2D eigenvalue weighted by Crippen LogP contribution is 2.40. The molecule has 3 heteroatoms. The number of fused-ring (bicyclic) bond motifs is 2. The molecule has 2 aliphatic heterocycles. The fourth-order valence-corrected chi connectivity index (χ4v) is 3.82. The Balaban J connectivity index is 1.89. The van der Waals surface area contributed by atoms with Crippen LogP contribution in [-0.2, 0) is 0 Å². The Bertz CT molecular complexity index is 355. The standard InChI is InChI=1S/C11H13NOS/c13-10-3-1-2-8(4-10)12-6-11-5-9(12)7-14-11/h1-4,9,11,13H,5-7H2. The summed E-state index contributed by atoms with van der Waals surface area (Å²) >= 11 is 2.09. The summed E-state index contributed by atoms with van der Waals surface area (Å²) in [4.78, 5) is 2.43. The second-order valence-corrected chi connectivity index (χ2v) is 5.35. The predicted molar refractivity (Wildman–Crippen MR) is 60.1 cm³/mol. The van der Waals surface area contributed by atoms with Crippen molar-refractivity contribution in [2.45, 2.75) is 17.7 Å². The molecular formula is C11H13NOS. The van der Waals surface area contributed by atoms with Gasteiger partial charge in [0.05, 0.1) is 0 Å². The summed E-state index contributed by atoms with van der Waals surface area (Å²) < 4.78 is 0. The van der Waals surface area contributed by atoms with Gasteiger partial charge in [-0.25, -0.2) is 0 Å². The lowest BCUT2D eigenvalue weighted by atomic mass is 10.2. The van der Waals surface area contributed by atoms with Crippen LogP contribution < -0.4 is 4.90 Å². The zero-order valence-corrected chi connectivity index (χ0v) is 8.70. The summed E-state index contributed by atoms with van der Waals surface area (Å²) in [6.45, 7) is 1.15. The highest BCUT2D eigenvalue weighted by atomic mass is 32.2. The van der Waals surface area contributed by atoms with E-state index in [-0.39, 0.29) is 0 Å². The Morgan fingerprint density at radius 2 is 2.36 bits per heavy atom. The molecule has 2 heterocycles. The maximum absolute atomic E-state index is 9.41. The summed E-state index contributed by atoms with van der Waals surface area (Å²) in [6.07, 6.45) is 1.32. The molecule has 2 nitrogen and oxygen atoms in total. The quantitative estimate of drug-likeness (QED) is 0.762. The molecule has 2 aliphatic rings. The van der Waals surface area contributed by atoms with Crippen molar-refractivity contribution >= 4 is 17.4 Å². The first-order valence-corrected chi connectivity index (χ1v) is 6.05. The Hall–Kier alpha value is -0.830. The van der Waals surface area contributed by atoms with Crippen LogP contribution in [0.1, 0.15) is 6.42 Å². The molecule has 2 fully saturated rings. The number of anilines is 1. The van der Waals surface area contributed by atoms with Crippen molar-refractivity contribution in [2.75, 3.05) is 17.2 Å². The molecule has 0 radical (unpaired) electrons. The summed E-state index contributed by atoms with van der Waals surface area (Å²) in [7, 11) is 0. The first-order valence-electron chi connectivity index (χ1n) is 5.00. The molecule has 2 atom stereocenters. The molecule has 3 rings (SSSR count). The van der Waals surface area contributed by atoms with Gasteiger partial charge in [-0.05, 0) is 18.6 Å². The topological polar surface area (TPSA) is 23.5 Å². The van der Waals surface area contributed by atoms with Gasteiger partial charge < -0.3 is 10.0 Å². The molecule has 74 valence electrons. The van der Waals surface area contributed by atoms with E-state index in [0.717, 1.165) is 11.8 Å². The minimum atomic E-state index is 0.373. The number of phenols is 1. The molecule has 1 aromatic carbocycles. The van der Waals surface area contributed by atoms with Crippen LogP contribution in [0.15, 0.2) is 24.3 Å². The molecule has 0 amide bonds. The van der Waals surface area contributed by atoms with E-state index in [2.05, 4.69) is 22.7 Å². The third-order valence-electron chi connectivity index (χ3n) is 3.06. The van der Waals surface area contributed by atoms with Gasteiger partial charge in [0.25, 0.3) is 0 Å². The van der Waals surface area contributed by atoms with E-state index in [9.17, 15) is 5.11 Å². The van der Waals surface area contributed by atoms with Gasteiger partial charge in [0.2, 0.25) is 0 Å². The van der Waals surface area contributed by atoms with Crippen LogP contribution in [-0.4, -0.2) is 28.7 Å². The molecule has 1 N–H and O–H groups in total. The Morgan fingerprint density at radius 3 is 3.00 bits per heavy atom. The van der Waals surface area contributed by atoms with Crippen LogP contribution in [0.25, 0.3) is 0 Å². The first kappa shape index (κ1) is 8.48. The SMILES string of the molecule is Oc1cccc(N2CC3CC2CS3)c1. The average Bonchev–Trinajstić information content (AvgIpc) is 2.78. The van der Waals surface area contributed by atoms with Crippen LogP contribution >= 0.6 is 11.8 Å². The van der Waals surface area contributed by atoms with Gasteiger partial charge in [-0.15, -0.1) is 0 Å². The van der Waals surface area contributed by atoms with Crippen molar-refractivity contribution < 1.29 is 5.11 Å². The van der Waals surface area contributed by atoms with Crippen LogP contribution in [0.2, 0.25) is 0 Å². The van der Waals surface area contributed by atoms with E-state index in [1.54, 1.807) is 6.07 Å². The molecular weight excluding hydrogens is 194 g/mol. The van der Waals surface area contributed by atoms with E-state index in [1.807, 2.05) is 12.1 Å². The largest absolute Gasteiger partial charge is 0.508 e. The first-order chi connectivity index (χ1) is 6.83. The van der Waals surface area contributed by atoms with Gasteiger partial charge in [0.15, 0.2) is 0 Å². The molecule has 0 aliphatic carbocycles. The normalized spacial score (nSPS) is 29.9. The molecule has 0 saturated carbocycles. The lowest BCUT2D eigenvalue weighted by Crippen LogP contribution is -2.33. The van der Waals surface area contributed by atoms with Gasteiger partial charge >= 0.3 is 0 Å². The maximum Gasteiger partial charge on any atom is 0.117 e. The van der Waals surface area contributed by atoms with Crippen molar-refractivity contribution in [3.63, 3.8) is 0 Å². The molecule has 2 saturated heterocycles. The highest BCUT2D eigenvalue weighted by Gasteiger charge is 2.38. The average molecular weight is 207 g/mol. The molecule has 0 aromatic heterocycles. The molecule has 2 bridgehead atoms. The third-order valence-corrected chi connectivity index (χ3v) is 4.45. The fourth-order valence-electron chi connectivity index (χ4n) is 2.39. The molecule has 0 spiro atoms. The van der Waals surface area contributed by atoms with E-state index < -0.39 is 0 Å². The van der Waals surface area contributed by atoms with Gasteiger partial charge in [0, 0.05) is 35.3 Å². The third kappa shape index (κ3) is 1.27. The van der Waals surface area contributed by atoms with Gasteiger partial charge in [-0.3, -0.25) is 0 Å². The number of aromatic hydroxyl groups is 1. The second-order valence-electron chi connectivity index (χ2n) is 4.02. The molecule has 1 aromatic rings.